The Hall–Kier alpha value is -1.27. The van der Waals surface area contributed by atoms with E-state index in [4.69, 9.17) is 27.4 Å². The predicted molar refractivity (Wildman–Crippen MR) is 87.8 cm³/mol. The van der Waals surface area contributed by atoms with Gasteiger partial charge >= 0.3 is 0 Å². The van der Waals surface area contributed by atoms with Crippen LogP contribution in [0.3, 0.4) is 0 Å². The third kappa shape index (κ3) is 5.21. The number of rotatable bonds is 9. The number of thiocarbonyl (C=S) groups is 1. The topological polar surface area (TPSA) is 70.3 Å². The van der Waals surface area contributed by atoms with Gasteiger partial charge in [0.05, 0.1) is 17.9 Å². The number of hydrogen-bond acceptors (Lipinski definition) is 5. The highest BCUT2D eigenvalue weighted by Crippen LogP contribution is 2.22. The van der Waals surface area contributed by atoms with Crippen LogP contribution >= 0.6 is 12.2 Å². The minimum Gasteiger partial charge on any atom is -0.474 e. The van der Waals surface area contributed by atoms with Crippen LogP contribution in [0, 0.1) is 5.92 Å². The van der Waals surface area contributed by atoms with Gasteiger partial charge in [-0.2, -0.15) is 5.10 Å². The van der Waals surface area contributed by atoms with Crippen LogP contribution in [0.15, 0.2) is 0 Å². The summed E-state index contributed by atoms with van der Waals surface area (Å²) < 4.78 is 11.1. The molecule has 0 fully saturated rings. The maximum Gasteiger partial charge on any atom is 0.244 e. The van der Waals surface area contributed by atoms with Crippen molar-refractivity contribution in [3.05, 3.63) is 16.8 Å². The summed E-state index contributed by atoms with van der Waals surface area (Å²) in [6.45, 7) is 9.92. The Balaban J connectivity index is 2.80. The molecule has 0 spiro atoms. The highest BCUT2D eigenvalue weighted by Gasteiger charge is 2.17. The van der Waals surface area contributed by atoms with Crippen LogP contribution in [0.4, 0.5) is 0 Å². The average Bonchev–Trinajstić information content (AvgIpc) is 2.45. The molecule has 0 radical (unpaired) electrons. The van der Waals surface area contributed by atoms with Crippen molar-refractivity contribution in [1.29, 1.82) is 0 Å². The van der Waals surface area contributed by atoms with E-state index in [1.54, 1.807) is 0 Å². The van der Waals surface area contributed by atoms with Gasteiger partial charge in [-0.15, -0.1) is 5.10 Å². The summed E-state index contributed by atoms with van der Waals surface area (Å²) in [6, 6.07) is 0. The van der Waals surface area contributed by atoms with Crippen molar-refractivity contribution in [3.63, 3.8) is 0 Å². The van der Waals surface area contributed by atoms with Gasteiger partial charge in [0.2, 0.25) is 5.88 Å². The molecule has 0 aromatic carbocycles. The Labute approximate surface area is 132 Å². The van der Waals surface area contributed by atoms with E-state index >= 15 is 0 Å². The fraction of sp³-hybridized carbons (Fsp3) is 0.667. The summed E-state index contributed by atoms with van der Waals surface area (Å²) in [5, 5.41) is 8.32. The smallest absolute Gasteiger partial charge is 0.244 e. The summed E-state index contributed by atoms with van der Waals surface area (Å²) in [6.07, 6.45) is 1.59. The van der Waals surface area contributed by atoms with E-state index in [-0.39, 0.29) is 0 Å². The molecule has 0 aliphatic carbocycles. The monoisotopic (exact) mass is 311 g/mol. The molecule has 0 saturated carbocycles. The molecule has 0 amide bonds. The van der Waals surface area contributed by atoms with Crippen molar-refractivity contribution >= 4 is 17.2 Å². The average molecular weight is 311 g/mol. The van der Waals surface area contributed by atoms with E-state index in [1.165, 1.54) is 0 Å². The van der Waals surface area contributed by atoms with E-state index in [0.29, 0.717) is 42.2 Å². The van der Waals surface area contributed by atoms with Crippen LogP contribution in [-0.2, 0) is 17.6 Å². The molecule has 6 heteroatoms. The second-order valence-corrected chi connectivity index (χ2v) is 5.63. The Morgan fingerprint density at radius 1 is 1.19 bits per heavy atom. The van der Waals surface area contributed by atoms with Gasteiger partial charge < -0.3 is 15.2 Å². The second kappa shape index (κ2) is 8.89. The van der Waals surface area contributed by atoms with Gasteiger partial charge in [-0.05, 0) is 24.3 Å². The van der Waals surface area contributed by atoms with Crippen molar-refractivity contribution in [3.8, 4) is 5.88 Å². The zero-order valence-electron chi connectivity index (χ0n) is 13.3. The van der Waals surface area contributed by atoms with E-state index in [1.807, 2.05) is 13.8 Å². The number of nitrogens with two attached hydrogens (primary N) is 1. The highest BCUT2D eigenvalue weighted by molar-refractivity contribution is 7.80. The van der Waals surface area contributed by atoms with Gasteiger partial charge in [0.25, 0.3) is 0 Å². The van der Waals surface area contributed by atoms with Crippen LogP contribution in [0.2, 0.25) is 0 Å². The SMILES string of the molecule is CCc1nnc(OCCOCC(C)C)c(C(N)=S)c1CC. The Morgan fingerprint density at radius 2 is 1.90 bits per heavy atom. The molecule has 0 aliphatic rings. The van der Waals surface area contributed by atoms with Crippen molar-refractivity contribution in [2.75, 3.05) is 19.8 Å². The molecule has 0 unspecified atom stereocenters. The van der Waals surface area contributed by atoms with Gasteiger partial charge in [0, 0.05) is 6.61 Å². The molecule has 2 N–H and O–H groups in total. The summed E-state index contributed by atoms with van der Waals surface area (Å²) in [4.78, 5) is 0.301. The second-order valence-electron chi connectivity index (χ2n) is 5.19. The number of nitrogens with zero attached hydrogens (tertiary/aromatic N) is 2. The first-order valence-electron chi connectivity index (χ1n) is 7.39. The lowest BCUT2D eigenvalue weighted by molar-refractivity contribution is 0.0802. The summed E-state index contributed by atoms with van der Waals surface area (Å²) in [5.74, 6) is 0.914. The molecule has 118 valence electrons. The van der Waals surface area contributed by atoms with Crippen LogP contribution in [0.5, 0.6) is 5.88 Å². The van der Waals surface area contributed by atoms with Crippen molar-refractivity contribution in [1.82, 2.24) is 10.2 Å². The summed E-state index contributed by atoms with van der Waals surface area (Å²) in [7, 11) is 0. The minimum atomic E-state index is 0.301. The van der Waals surface area contributed by atoms with Crippen LogP contribution in [-0.4, -0.2) is 35.0 Å². The Bertz CT molecular complexity index is 478. The molecule has 1 rings (SSSR count). The van der Waals surface area contributed by atoms with Crippen LogP contribution < -0.4 is 10.5 Å². The van der Waals surface area contributed by atoms with Crippen molar-refractivity contribution in [2.45, 2.75) is 40.5 Å². The predicted octanol–water partition coefficient (Wildman–Crippen LogP) is 2.29. The third-order valence-corrected chi connectivity index (χ3v) is 3.18. The molecular formula is C15H25N3O2S. The Kier molecular flexibility index (Phi) is 7.53. The maximum atomic E-state index is 5.84. The van der Waals surface area contributed by atoms with Gasteiger partial charge in [0.1, 0.15) is 11.6 Å². The molecule has 1 heterocycles. The lowest BCUT2D eigenvalue weighted by atomic mass is 10.0. The molecule has 21 heavy (non-hydrogen) atoms. The zero-order valence-corrected chi connectivity index (χ0v) is 14.1. The molecule has 0 saturated heterocycles. The van der Waals surface area contributed by atoms with E-state index < -0.39 is 0 Å². The maximum absolute atomic E-state index is 5.84. The standard InChI is InChI=1S/C15H25N3O2S/c1-5-11-12(6-2)17-18-15(13(11)14(16)21)20-8-7-19-9-10(3)4/h10H,5-9H2,1-4H3,(H2,16,21). The number of aromatic nitrogens is 2. The van der Waals surface area contributed by atoms with E-state index in [9.17, 15) is 0 Å². The summed E-state index contributed by atoms with van der Waals surface area (Å²) in [5.41, 5.74) is 8.49. The molecule has 1 aromatic heterocycles. The number of ether oxygens (including phenoxy) is 2. The molecular weight excluding hydrogens is 286 g/mol. The van der Waals surface area contributed by atoms with Crippen molar-refractivity contribution in [2.24, 2.45) is 11.7 Å². The molecule has 0 bridgehead atoms. The molecule has 0 atom stereocenters. The first-order valence-corrected chi connectivity index (χ1v) is 7.80. The van der Waals surface area contributed by atoms with E-state index in [0.717, 1.165) is 24.1 Å². The number of hydrogen-bond donors (Lipinski definition) is 1. The third-order valence-electron chi connectivity index (χ3n) is 2.98. The Morgan fingerprint density at radius 3 is 2.43 bits per heavy atom. The zero-order chi connectivity index (χ0) is 15.8. The lowest BCUT2D eigenvalue weighted by Gasteiger charge is -2.15. The normalized spacial score (nSPS) is 10.9. The minimum absolute atomic E-state index is 0.301. The van der Waals surface area contributed by atoms with Gasteiger partial charge in [-0.3, -0.25) is 0 Å². The summed E-state index contributed by atoms with van der Waals surface area (Å²) >= 11 is 5.15. The fourth-order valence-corrected chi connectivity index (χ4v) is 2.24. The lowest BCUT2D eigenvalue weighted by Crippen LogP contribution is -2.19. The van der Waals surface area contributed by atoms with Gasteiger partial charge in [-0.25, -0.2) is 0 Å². The van der Waals surface area contributed by atoms with Gasteiger partial charge in [-0.1, -0.05) is 39.9 Å². The van der Waals surface area contributed by atoms with E-state index in [2.05, 4.69) is 24.0 Å². The molecule has 5 nitrogen and oxygen atoms in total. The molecule has 0 aliphatic heterocycles. The van der Waals surface area contributed by atoms with Crippen LogP contribution in [0.25, 0.3) is 0 Å². The first kappa shape index (κ1) is 17.8. The first-order chi connectivity index (χ1) is 10.0. The van der Waals surface area contributed by atoms with Crippen molar-refractivity contribution < 1.29 is 9.47 Å². The quantitative estimate of drug-likeness (QED) is 0.557. The highest BCUT2D eigenvalue weighted by atomic mass is 32.1. The fourth-order valence-electron chi connectivity index (χ4n) is 2.03. The van der Waals surface area contributed by atoms with Gasteiger partial charge in [0.15, 0.2) is 0 Å². The largest absolute Gasteiger partial charge is 0.474 e. The van der Waals surface area contributed by atoms with Crippen LogP contribution in [0.1, 0.15) is 44.5 Å². The number of aryl methyl sites for hydroxylation is 1. The molecule has 1 aromatic rings.